The number of hydrogen-bond acceptors (Lipinski definition) is 2. The number of benzene rings is 1. The highest BCUT2D eigenvalue weighted by molar-refractivity contribution is 6.17. The Morgan fingerprint density at radius 1 is 1.21 bits per heavy atom. The maximum absolute atomic E-state index is 12.0. The van der Waals surface area contributed by atoms with Crippen molar-refractivity contribution in [3.8, 4) is 0 Å². The molecule has 0 aliphatic carbocycles. The fourth-order valence-electron chi connectivity index (χ4n) is 1.87. The Bertz CT molecular complexity index is 390. The van der Waals surface area contributed by atoms with Crippen LogP contribution in [0.1, 0.15) is 25.3 Å². The Balaban J connectivity index is 2.62. The Morgan fingerprint density at radius 2 is 1.84 bits per heavy atom. The molecule has 106 valence electrons. The number of carbonyl (C=O) groups is 1. The number of nitrogens with zero attached hydrogens (tertiary/aromatic N) is 2. The van der Waals surface area contributed by atoms with Crippen LogP contribution in [0.2, 0.25) is 0 Å². The molecule has 0 atom stereocenters. The molecular formula is C15H23ClN2O. The molecule has 0 spiro atoms. The van der Waals surface area contributed by atoms with Crippen LogP contribution in [0.3, 0.4) is 0 Å². The van der Waals surface area contributed by atoms with Gasteiger partial charge in [0.1, 0.15) is 0 Å². The van der Waals surface area contributed by atoms with Gasteiger partial charge in [0.05, 0.1) is 0 Å². The lowest BCUT2D eigenvalue weighted by Crippen LogP contribution is -2.30. The van der Waals surface area contributed by atoms with Crippen molar-refractivity contribution in [2.75, 3.05) is 31.4 Å². The Morgan fingerprint density at radius 3 is 2.32 bits per heavy atom. The number of amides is 1. The Kier molecular flexibility index (Phi) is 6.71. The second-order valence-corrected chi connectivity index (χ2v) is 5.14. The molecule has 0 heterocycles. The highest BCUT2D eigenvalue weighted by Gasteiger charge is 2.11. The van der Waals surface area contributed by atoms with E-state index in [9.17, 15) is 4.79 Å². The third kappa shape index (κ3) is 5.11. The van der Waals surface area contributed by atoms with Gasteiger partial charge in [0, 0.05) is 45.2 Å². The first-order chi connectivity index (χ1) is 9.08. The normalized spacial score (nSPS) is 10.3. The van der Waals surface area contributed by atoms with Gasteiger partial charge in [-0.3, -0.25) is 4.79 Å². The van der Waals surface area contributed by atoms with Gasteiger partial charge in [0.25, 0.3) is 0 Å². The Hall–Kier alpha value is -1.22. The molecule has 19 heavy (non-hydrogen) atoms. The minimum Gasteiger partial charge on any atom is -0.378 e. The van der Waals surface area contributed by atoms with Crippen molar-refractivity contribution in [3.63, 3.8) is 0 Å². The highest BCUT2D eigenvalue weighted by atomic mass is 35.5. The van der Waals surface area contributed by atoms with E-state index < -0.39 is 0 Å². The van der Waals surface area contributed by atoms with Crippen LogP contribution in [0.5, 0.6) is 0 Å². The maximum atomic E-state index is 12.0. The summed E-state index contributed by atoms with van der Waals surface area (Å²) < 4.78 is 0. The van der Waals surface area contributed by atoms with E-state index in [2.05, 4.69) is 29.2 Å². The molecule has 0 unspecified atom stereocenters. The van der Waals surface area contributed by atoms with Crippen molar-refractivity contribution in [1.82, 2.24) is 4.90 Å². The first-order valence-electron chi connectivity index (χ1n) is 6.68. The van der Waals surface area contributed by atoms with E-state index in [4.69, 9.17) is 11.6 Å². The molecule has 1 rings (SSSR count). The lowest BCUT2D eigenvalue weighted by atomic mass is 10.1. The molecule has 0 N–H and O–H groups in total. The minimum atomic E-state index is 0.180. The summed E-state index contributed by atoms with van der Waals surface area (Å²) in [6, 6.07) is 8.30. The second kappa shape index (κ2) is 8.05. The van der Waals surface area contributed by atoms with Crippen molar-refractivity contribution in [3.05, 3.63) is 29.8 Å². The first kappa shape index (κ1) is 15.8. The standard InChI is InChI=1S/C15H23ClN2O/c1-4-18(15(19)6-5-11-16)12-13-7-9-14(10-8-13)17(2)3/h7-10H,4-6,11-12H2,1-3H3. The largest absolute Gasteiger partial charge is 0.378 e. The number of carbonyl (C=O) groups excluding carboxylic acids is 1. The zero-order valence-corrected chi connectivity index (χ0v) is 12.8. The second-order valence-electron chi connectivity index (χ2n) is 4.76. The molecule has 0 aliphatic rings. The van der Waals surface area contributed by atoms with Gasteiger partial charge in [-0.05, 0) is 31.0 Å². The van der Waals surface area contributed by atoms with Crippen LogP contribution in [-0.4, -0.2) is 37.3 Å². The van der Waals surface area contributed by atoms with Crippen LogP contribution >= 0.6 is 11.6 Å². The molecule has 1 amide bonds. The molecule has 3 nitrogen and oxygen atoms in total. The summed E-state index contributed by atoms with van der Waals surface area (Å²) in [6.45, 7) is 3.41. The lowest BCUT2D eigenvalue weighted by Gasteiger charge is -2.21. The number of halogens is 1. The van der Waals surface area contributed by atoms with Crippen molar-refractivity contribution in [2.24, 2.45) is 0 Å². The zero-order valence-electron chi connectivity index (χ0n) is 12.0. The number of hydrogen-bond donors (Lipinski definition) is 0. The monoisotopic (exact) mass is 282 g/mol. The smallest absolute Gasteiger partial charge is 0.222 e. The average molecular weight is 283 g/mol. The summed E-state index contributed by atoms with van der Waals surface area (Å²) in [6.07, 6.45) is 1.28. The van der Waals surface area contributed by atoms with Crippen LogP contribution in [0.15, 0.2) is 24.3 Å². The molecule has 0 fully saturated rings. The molecule has 4 heteroatoms. The molecule has 0 aromatic heterocycles. The molecule has 0 saturated carbocycles. The number of anilines is 1. The molecule has 1 aromatic rings. The third-order valence-electron chi connectivity index (χ3n) is 3.08. The van der Waals surface area contributed by atoms with Crippen LogP contribution < -0.4 is 4.90 Å². The van der Waals surface area contributed by atoms with E-state index in [1.807, 2.05) is 25.9 Å². The molecular weight excluding hydrogens is 260 g/mol. The highest BCUT2D eigenvalue weighted by Crippen LogP contribution is 2.14. The topological polar surface area (TPSA) is 23.6 Å². The molecule has 0 aliphatic heterocycles. The quantitative estimate of drug-likeness (QED) is 0.718. The fourth-order valence-corrected chi connectivity index (χ4v) is 2.01. The summed E-state index contributed by atoms with van der Waals surface area (Å²) in [4.78, 5) is 15.9. The predicted molar refractivity (Wildman–Crippen MR) is 81.8 cm³/mol. The van der Waals surface area contributed by atoms with Gasteiger partial charge >= 0.3 is 0 Å². The minimum absolute atomic E-state index is 0.180. The summed E-state index contributed by atoms with van der Waals surface area (Å²) >= 11 is 5.63. The van der Waals surface area contributed by atoms with Crippen LogP contribution in [0, 0.1) is 0 Å². The summed E-state index contributed by atoms with van der Waals surface area (Å²) in [5.74, 6) is 0.723. The predicted octanol–water partition coefficient (Wildman–Crippen LogP) is 3.12. The van der Waals surface area contributed by atoms with Crippen molar-refractivity contribution >= 4 is 23.2 Å². The van der Waals surface area contributed by atoms with Gasteiger partial charge in [-0.1, -0.05) is 12.1 Å². The molecule has 0 saturated heterocycles. The average Bonchev–Trinajstić information content (AvgIpc) is 2.42. The summed E-state index contributed by atoms with van der Waals surface area (Å²) in [5.41, 5.74) is 2.33. The first-order valence-corrected chi connectivity index (χ1v) is 7.22. The van der Waals surface area contributed by atoms with E-state index in [0.29, 0.717) is 18.8 Å². The van der Waals surface area contributed by atoms with E-state index >= 15 is 0 Å². The van der Waals surface area contributed by atoms with E-state index in [1.54, 1.807) is 0 Å². The van der Waals surface area contributed by atoms with Crippen molar-refractivity contribution in [1.29, 1.82) is 0 Å². The van der Waals surface area contributed by atoms with Gasteiger partial charge < -0.3 is 9.80 Å². The lowest BCUT2D eigenvalue weighted by molar-refractivity contribution is -0.131. The molecule has 0 bridgehead atoms. The SMILES string of the molecule is CCN(Cc1ccc(N(C)C)cc1)C(=O)CCCCl. The summed E-state index contributed by atoms with van der Waals surface area (Å²) in [5, 5.41) is 0. The number of alkyl halides is 1. The van der Waals surface area contributed by atoms with Crippen LogP contribution in [0.4, 0.5) is 5.69 Å². The zero-order chi connectivity index (χ0) is 14.3. The van der Waals surface area contributed by atoms with Crippen LogP contribution in [0.25, 0.3) is 0 Å². The van der Waals surface area contributed by atoms with Gasteiger partial charge in [0.15, 0.2) is 0 Å². The van der Waals surface area contributed by atoms with Crippen molar-refractivity contribution in [2.45, 2.75) is 26.3 Å². The van der Waals surface area contributed by atoms with Gasteiger partial charge in [-0.25, -0.2) is 0 Å². The molecule has 0 radical (unpaired) electrons. The maximum Gasteiger partial charge on any atom is 0.222 e. The summed E-state index contributed by atoms with van der Waals surface area (Å²) in [7, 11) is 4.03. The third-order valence-corrected chi connectivity index (χ3v) is 3.35. The van der Waals surface area contributed by atoms with Crippen molar-refractivity contribution < 1.29 is 4.79 Å². The van der Waals surface area contributed by atoms with Crippen LogP contribution in [-0.2, 0) is 11.3 Å². The van der Waals surface area contributed by atoms with E-state index in [-0.39, 0.29) is 5.91 Å². The molecule has 1 aromatic carbocycles. The van der Waals surface area contributed by atoms with Gasteiger partial charge in [-0.2, -0.15) is 0 Å². The van der Waals surface area contributed by atoms with Gasteiger partial charge in [-0.15, -0.1) is 11.6 Å². The fraction of sp³-hybridized carbons (Fsp3) is 0.533. The van der Waals surface area contributed by atoms with E-state index in [1.165, 1.54) is 5.69 Å². The Labute approximate surface area is 121 Å². The van der Waals surface area contributed by atoms with Gasteiger partial charge in [0.2, 0.25) is 5.91 Å². The number of rotatable bonds is 7. The van der Waals surface area contributed by atoms with E-state index in [0.717, 1.165) is 18.5 Å².